The molecule has 0 saturated carbocycles. The molecule has 24 heavy (non-hydrogen) atoms. The van der Waals surface area contributed by atoms with Gasteiger partial charge in [0.2, 0.25) is 5.91 Å². The Balaban J connectivity index is 1.57. The Labute approximate surface area is 141 Å². The Kier molecular flexibility index (Phi) is 5.25. The molecule has 1 aromatic carbocycles. The molecule has 2 aliphatic heterocycles. The van der Waals surface area contributed by atoms with Crippen molar-refractivity contribution in [2.45, 2.75) is 31.7 Å². The standard InChI is InChI=1S/C18H23N3O3/c22-18(8-7-15-5-1-2-6-17(15)21(23)24)20-13-9-16(10-14-20)19-11-3-4-12-19/h1-2,5-8,16H,3-4,9-14H2/b8-7-. The van der Waals surface area contributed by atoms with Crippen LogP contribution in [0.15, 0.2) is 30.3 Å². The number of hydrogen-bond acceptors (Lipinski definition) is 4. The van der Waals surface area contributed by atoms with Gasteiger partial charge in [0, 0.05) is 31.3 Å². The Morgan fingerprint density at radius 2 is 1.79 bits per heavy atom. The number of para-hydroxylation sites is 1. The van der Waals surface area contributed by atoms with Gasteiger partial charge in [-0.15, -0.1) is 0 Å². The molecule has 2 fully saturated rings. The number of benzene rings is 1. The predicted octanol–water partition coefficient (Wildman–Crippen LogP) is 2.69. The highest BCUT2D eigenvalue weighted by Crippen LogP contribution is 2.22. The first-order valence-corrected chi connectivity index (χ1v) is 8.59. The smallest absolute Gasteiger partial charge is 0.276 e. The first kappa shape index (κ1) is 16.6. The van der Waals surface area contributed by atoms with Crippen LogP contribution in [0.25, 0.3) is 6.08 Å². The lowest BCUT2D eigenvalue weighted by Gasteiger charge is -2.36. The molecule has 0 unspecified atom stereocenters. The number of nitrogens with zero attached hydrogens (tertiary/aromatic N) is 3. The van der Waals surface area contributed by atoms with Crippen LogP contribution < -0.4 is 0 Å². The van der Waals surface area contributed by atoms with Gasteiger partial charge >= 0.3 is 0 Å². The summed E-state index contributed by atoms with van der Waals surface area (Å²) in [6.07, 6.45) is 7.62. The molecule has 6 heteroatoms. The van der Waals surface area contributed by atoms with Crippen molar-refractivity contribution < 1.29 is 9.72 Å². The molecule has 0 spiro atoms. The molecule has 128 valence electrons. The van der Waals surface area contributed by atoms with E-state index in [-0.39, 0.29) is 11.6 Å². The van der Waals surface area contributed by atoms with Crippen LogP contribution in [0.5, 0.6) is 0 Å². The molecule has 0 aromatic heterocycles. The molecular formula is C18H23N3O3. The zero-order valence-electron chi connectivity index (χ0n) is 13.8. The van der Waals surface area contributed by atoms with Crippen LogP contribution in [-0.2, 0) is 4.79 Å². The number of nitro groups is 1. The van der Waals surface area contributed by atoms with Crippen LogP contribution in [0, 0.1) is 10.1 Å². The van der Waals surface area contributed by atoms with E-state index in [0.29, 0.717) is 11.6 Å². The van der Waals surface area contributed by atoms with Crippen LogP contribution in [0.2, 0.25) is 0 Å². The molecule has 2 aliphatic rings. The highest BCUT2D eigenvalue weighted by Gasteiger charge is 2.27. The molecule has 2 saturated heterocycles. The van der Waals surface area contributed by atoms with Crippen molar-refractivity contribution in [3.63, 3.8) is 0 Å². The maximum absolute atomic E-state index is 12.3. The number of hydrogen-bond donors (Lipinski definition) is 0. The maximum Gasteiger partial charge on any atom is 0.276 e. The molecule has 0 N–H and O–H groups in total. The van der Waals surface area contributed by atoms with Gasteiger partial charge in [-0.25, -0.2) is 0 Å². The monoisotopic (exact) mass is 329 g/mol. The number of carbonyl (C=O) groups excluding carboxylic acids is 1. The maximum atomic E-state index is 12.3. The molecule has 6 nitrogen and oxygen atoms in total. The van der Waals surface area contributed by atoms with E-state index in [2.05, 4.69) is 4.90 Å². The minimum Gasteiger partial charge on any atom is -0.339 e. The van der Waals surface area contributed by atoms with Crippen molar-refractivity contribution in [3.8, 4) is 0 Å². The largest absolute Gasteiger partial charge is 0.339 e. The van der Waals surface area contributed by atoms with E-state index < -0.39 is 4.92 Å². The lowest BCUT2D eigenvalue weighted by atomic mass is 10.0. The second-order valence-corrected chi connectivity index (χ2v) is 6.45. The van der Waals surface area contributed by atoms with Crippen molar-refractivity contribution >= 4 is 17.7 Å². The second kappa shape index (κ2) is 7.57. The topological polar surface area (TPSA) is 66.7 Å². The van der Waals surface area contributed by atoms with Crippen molar-refractivity contribution in [3.05, 3.63) is 46.0 Å². The summed E-state index contributed by atoms with van der Waals surface area (Å²) in [5, 5.41) is 11.0. The zero-order valence-corrected chi connectivity index (χ0v) is 13.8. The van der Waals surface area contributed by atoms with E-state index in [1.54, 1.807) is 24.3 Å². The summed E-state index contributed by atoms with van der Waals surface area (Å²) in [6, 6.07) is 7.07. The fourth-order valence-electron chi connectivity index (χ4n) is 3.62. The Morgan fingerprint density at radius 3 is 2.46 bits per heavy atom. The molecule has 1 aromatic rings. The van der Waals surface area contributed by atoms with E-state index in [9.17, 15) is 14.9 Å². The summed E-state index contributed by atoms with van der Waals surface area (Å²) in [7, 11) is 0. The third kappa shape index (κ3) is 3.82. The average molecular weight is 329 g/mol. The summed E-state index contributed by atoms with van der Waals surface area (Å²) < 4.78 is 0. The van der Waals surface area contributed by atoms with Crippen LogP contribution in [0.1, 0.15) is 31.2 Å². The summed E-state index contributed by atoms with van der Waals surface area (Å²) in [5.74, 6) is -0.0620. The predicted molar refractivity (Wildman–Crippen MR) is 92.5 cm³/mol. The molecule has 0 atom stereocenters. The number of likely N-dealkylation sites (tertiary alicyclic amines) is 2. The van der Waals surface area contributed by atoms with E-state index in [1.165, 1.54) is 38.1 Å². The molecule has 0 bridgehead atoms. The van der Waals surface area contributed by atoms with E-state index in [0.717, 1.165) is 25.9 Å². The third-order valence-corrected chi connectivity index (χ3v) is 4.97. The molecule has 2 heterocycles. The van der Waals surface area contributed by atoms with Crippen molar-refractivity contribution in [2.75, 3.05) is 26.2 Å². The third-order valence-electron chi connectivity index (χ3n) is 4.97. The van der Waals surface area contributed by atoms with Gasteiger partial charge in [-0.3, -0.25) is 14.9 Å². The zero-order chi connectivity index (χ0) is 16.9. The Morgan fingerprint density at radius 1 is 1.12 bits per heavy atom. The highest BCUT2D eigenvalue weighted by molar-refractivity contribution is 5.92. The molecule has 0 radical (unpaired) electrons. The van der Waals surface area contributed by atoms with Crippen LogP contribution in [0.3, 0.4) is 0 Å². The van der Waals surface area contributed by atoms with Gasteiger partial charge in [-0.05, 0) is 50.9 Å². The summed E-state index contributed by atoms with van der Waals surface area (Å²) in [5.41, 5.74) is 0.483. The normalized spacial score (nSPS) is 19.9. The fraction of sp³-hybridized carbons (Fsp3) is 0.500. The molecule has 1 amide bonds. The lowest BCUT2D eigenvalue weighted by Crippen LogP contribution is -2.45. The van der Waals surface area contributed by atoms with E-state index in [4.69, 9.17) is 0 Å². The number of nitro benzene ring substituents is 1. The van der Waals surface area contributed by atoms with Gasteiger partial charge in [0.05, 0.1) is 10.5 Å². The van der Waals surface area contributed by atoms with Gasteiger partial charge < -0.3 is 9.80 Å². The molecule has 3 rings (SSSR count). The first-order chi connectivity index (χ1) is 11.6. The average Bonchev–Trinajstić information content (AvgIpc) is 3.14. The number of piperidine rings is 1. The van der Waals surface area contributed by atoms with Crippen LogP contribution >= 0.6 is 0 Å². The minimum absolute atomic E-state index is 0.0225. The lowest BCUT2D eigenvalue weighted by molar-refractivity contribution is -0.385. The molecule has 0 aliphatic carbocycles. The van der Waals surface area contributed by atoms with E-state index >= 15 is 0 Å². The number of carbonyl (C=O) groups is 1. The SMILES string of the molecule is O=C(/C=C\c1ccccc1[N+](=O)[O-])N1CCC(N2CCCC2)CC1. The fourth-order valence-corrected chi connectivity index (χ4v) is 3.62. The van der Waals surface area contributed by atoms with Gasteiger partial charge in [0.15, 0.2) is 0 Å². The van der Waals surface area contributed by atoms with Gasteiger partial charge in [0.25, 0.3) is 5.69 Å². The Hall–Kier alpha value is -2.21. The summed E-state index contributed by atoms with van der Waals surface area (Å²) in [6.45, 7) is 3.91. The number of rotatable bonds is 4. The van der Waals surface area contributed by atoms with Crippen molar-refractivity contribution in [1.82, 2.24) is 9.80 Å². The van der Waals surface area contributed by atoms with Gasteiger partial charge in [0.1, 0.15) is 0 Å². The van der Waals surface area contributed by atoms with Crippen LogP contribution in [-0.4, -0.2) is 52.9 Å². The number of amides is 1. The quantitative estimate of drug-likeness (QED) is 0.484. The molecular weight excluding hydrogens is 306 g/mol. The summed E-state index contributed by atoms with van der Waals surface area (Å²) >= 11 is 0. The van der Waals surface area contributed by atoms with Crippen molar-refractivity contribution in [1.29, 1.82) is 0 Å². The highest BCUT2D eigenvalue weighted by atomic mass is 16.6. The minimum atomic E-state index is -0.425. The van der Waals surface area contributed by atoms with Gasteiger partial charge in [-0.2, -0.15) is 0 Å². The summed E-state index contributed by atoms with van der Waals surface area (Å²) in [4.78, 5) is 27.3. The van der Waals surface area contributed by atoms with Crippen LogP contribution in [0.4, 0.5) is 5.69 Å². The second-order valence-electron chi connectivity index (χ2n) is 6.45. The Bertz CT molecular complexity index is 630. The van der Waals surface area contributed by atoms with E-state index in [1.807, 2.05) is 4.90 Å². The first-order valence-electron chi connectivity index (χ1n) is 8.59. The van der Waals surface area contributed by atoms with Gasteiger partial charge in [-0.1, -0.05) is 12.1 Å². The van der Waals surface area contributed by atoms with Crippen molar-refractivity contribution in [2.24, 2.45) is 0 Å².